The highest BCUT2D eigenvalue weighted by atomic mass is 16.3. The Morgan fingerprint density at radius 2 is 2.05 bits per heavy atom. The van der Waals surface area contributed by atoms with E-state index in [9.17, 15) is 14.7 Å². The molecule has 2 rings (SSSR count). The number of nitrogens with zero attached hydrogens (tertiary/aromatic N) is 3. The predicted molar refractivity (Wildman–Crippen MR) is 82.6 cm³/mol. The van der Waals surface area contributed by atoms with Gasteiger partial charge >= 0.3 is 5.69 Å². The summed E-state index contributed by atoms with van der Waals surface area (Å²) in [5, 5.41) is 9.59. The van der Waals surface area contributed by atoms with Crippen LogP contribution in [0.15, 0.2) is 9.59 Å². The van der Waals surface area contributed by atoms with Crippen LogP contribution >= 0.6 is 0 Å². The summed E-state index contributed by atoms with van der Waals surface area (Å²) in [4.78, 5) is 26.5. The largest absolute Gasteiger partial charge is 0.394 e. The summed E-state index contributed by atoms with van der Waals surface area (Å²) in [5.41, 5.74) is 5.67. The van der Waals surface area contributed by atoms with Crippen molar-refractivity contribution >= 4 is 11.5 Å². The molecule has 2 atom stereocenters. The molecule has 1 aromatic heterocycles. The molecule has 0 aliphatic carbocycles. The summed E-state index contributed by atoms with van der Waals surface area (Å²) in [6.45, 7) is 5.10. The number of nitrogens with two attached hydrogens (primary N) is 1. The third kappa shape index (κ3) is 2.46. The van der Waals surface area contributed by atoms with Gasteiger partial charge in [-0.3, -0.25) is 13.9 Å². The number of hydrogen-bond donors (Lipinski definition) is 2. The molecule has 7 heteroatoms. The van der Waals surface area contributed by atoms with E-state index in [2.05, 4.69) is 0 Å². The smallest absolute Gasteiger partial charge is 0.332 e. The molecule has 2 heterocycles. The van der Waals surface area contributed by atoms with Gasteiger partial charge in [-0.1, -0.05) is 13.8 Å². The number of aliphatic hydroxyl groups excluding tert-OH is 1. The van der Waals surface area contributed by atoms with E-state index in [0.29, 0.717) is 18.8 Å². The lowest BCUT2D eigenvalue weighted by atomic mass is 10.0. The minimum Gasteiger partial charge on any atom is -0.394 e. The number of nitrogen functional groups attached to an aromatic ring is 1. The molecule has 118 valence electrons. The molecule has 7 nitrogen and oxygen atoms in total. The maximum absolute atomic E-state index is 12.5. The van der Waals surface area contributed by atoms with Crippen LogP contribution in [-0.2, 0) is 13.6 Å². The minimum atomic E-state index is -0.393. The van der Waals surface area contributed by atoms with Crippen molar-refractivity contribution in [2.45, 2.75) is 39.3 Å². The van der Waals surface area contributed by atoms with E-state index >= 15 is 0 Å². The zero-order chi connectivity index (χ0) is 15.7. The Bertz CT molecular complexity index is 634. The topological polar surface area (TPSA) is 93.5 Å². The van der Waals surface area contributed by atoms with Crippen molar-refractivity contribution in [3.63, 3.8) is 0 Å². The second kappa shape index (κ2) is 5.93. The molecule has 1 saturated heterocycles. The molecule has 1 aromatic rings. The number of aromatic nitrogens is 2. The molecule has 1 fully saturated rings. The lowest BCUT2D eigenvalue weighted by molar-refractivity contribution is 0.244. The van der Waals surface area contributed by atoms with Crippen LogP contribution in [0.2, 0.25) is 0 Å². The molecule has 1 aliphatic rings. The van der Waals surface area contributed by atoms with Crippen molar-refractivity contribution in [3.05, 3.63) is 20.8 Å². The lowest BCUT2D eigenvalue weighted by Crippen LogP contribution is -2.46. The third-order valence-corrected chi connectivity index (χ3v) is 4.36. The number of aliphatic hydroxyl groups is 1. The number of rotatable bonds is 4. The van der Waals surface area contributed by atoms with Crippen LogP contribution in [0, 0.1) is 5.92 Å². The molecular weight excluding hydrogens is 272 g/mol. The zero-order valence-electron chi connectivity index (χ0n) is 12.9. The fourth-order valence-electron chi connectivity index (χ4n) is 3.04. The van der Waals surface area contributed by atoms with E-state index in [1.807, 2.05) is 18.7 Å². The van der Waals surface area contributed by atoms with E-state index in [1.54, 1.807) is 0 Å². The average molecular weight is 296 g/mol. The first kappa shape index (κ1) is 15.6. The van der Waals surface area contributed by atoms with E-state index < -0.39 is 11.2 Å². The van der Waals surface area contributed by atoms with Gasteiger partial charge in [-0.15, -0.1) is 0 Å². The van der Waals surface area contributed by atoms with Gasteiger partial charge in [-0.25, -0.2) is 4.79 Å². The van der Waals surface area contributed by atoms with Gasteiger partial charge in [-0.05, 0) is 18.8 Å². The Kier molecular flexibility index (Phi) is 4.41. The summed E-state index contributed by atoms with van der Waals surface area (Å²) in [6.07, 6.45) is 1.64. The van der Waals surface area contributed by atoms with E-state index in [4.69, 9.17) is 5.73 Å². The first-order valence-electron chi connectivity index (χ1n) is 7.40. The second-order valence-corrected chi connectivity index (χ2v) is 5.74. The van der Waals surface area contributed by atoms with Crippen LogP contribution in [0.1, 0.15) is 26.7 Å². The Hall–Kier alpha value is -1.76. The molecule has 1 aliphatic heterocycles. The van der Waals surface area contributed by atoms with E-state index in [-0.39, 0.29) is 24.4 Å². The van der Waals surface area contributed by atoms with Gasteiger partial charge < -0.3 is 15.7 Å². The molecule has 0 spiro atoms. The van der Waals surface area contributed by atoms with Crippen LogP contribution in [0.3, 0.4) is 0 Å². The van der Waals surface area contributed by atoms with Crippen LogP contribution in [0.5, 0.6) is 0 Å². The summed E-state index contributed by atoms with van der Waals surface area (Å²) in [7, 11) is 1.47. The fraction of sp³-hybridized carbons (Fsp3) is 0.714. The SMILES string of the molecule is CCCn1c(N)c(N2CCC(C)C2CO)c(=O)n(C)c1=O. The molecule has 2 unspecified atom stereocenters. The molecule has 0 radical (unpaired) electrons. The molecular formula is C14H24N4O3. The van der Waals surface area contributed by atoms with Gasteiger partial charge in [0.1, 0.15) is 11.5 Å². The van der Waals surface area contributed by atoms with Crippen molar-refractivity contribution in [2.75, 3.05) is 23.8 Å². The van der Waals surface area contributed by atoms with Crippen molar-refractivity contribution in [3.8, 4) is 0 Å². The van der Waals surface area contributed by atoms with E-state index in [0.717, 1.165) is 17.4 Å². The highest BCUT2D eigenvalue weighted by molar-refractivity contribution is 5.64. The third-order valence-electron chi connectivity index (χ3n) is 4.36. The average Bonchev–Trinajstić information content (AvgIpc) is 2.82. The Labute approximate surface area is 123 Å². The van der Waals surface area contributed by atoms with Gasteiger partial charge in [0, 0.05) is 20.1 Å². The molecule has 0 amide bonds. The molecule has 0 bridgehead atoms. The van der Waals surface area contributed by atoms with Gasteiger partial charge in [0.15, 0.2) is 0 Å². The standard InChI is InChI=1S/C14H24N4O3/c1-4-6-18-12(15)11(13(20)16(3)14(18)21)17-7-5-9(2)10(17)8-19/h9-10,19H,4-8,15H2,1-3H3. The number of anilines is 2. The minimum absolute atomic E-state index is 0.0311. The molecule has 0 saturated carbocycles. The maximum Gasteiger partial charge on any atom is 0.332 e. The van der Waals surface area contributed by atoms with Crippen molar-refractivity contribution in [1.82, 2.24) is 9.13 Å². The molecule has 0 aromatic carbocycles. The first-order valence-corrected chi connectivity index (χ1v) is 7.40. The summed E-state index contributed by atoms with van der Waals surface area (Å²) in [6, 6.07) is -0.132. The van der Waals surface area contributed by atoms with Crippen molar-refractivity contribution in [1.29, 1.82) is 0 Å². The van der Waals surface area contributed by atoms with Crippen molar-refractivity contribution in [2.24, 2.45) is 13.0 Å². The van der Waals surface area contributed by atoms with Crippen LogP contribution in [0.4, 0.5) is 11.5 Å². The predicted octanol–water partition coefficient (Wildman–Crippen LogP) is -0.254. The van der Waals surface area contributed by atoms with Gasteiger partial charge in [0.25, 0.3) is 5.56 Å². The highest BCUT2D eigenvalue weighted by Gasteiger charge is 2.34. The summed E-state index contributed by atoms with van der Waals surface area (Å²) < 4.78 is 2.53. The Morgan fingerprint density at radius 3 is 2.62 bits per heavy atom. The van der Waals surface area contributed by atoms with E-state index in [1.165, 1.54) is 11.6 Å². The Morgan fingerprint density at radius 1 is 1.38 bits per heavy atom. The van der Waals surface area contributed by atoms with Crippen molar-refractivity contribution < 1.29 is 5.11 Å². The number of hydrogen-bond acceptors (Lipinski definition) is 5. The quantitative estimate of drug-likeness (QED) is 0.799. The maximum atomic E-state index is 12.5. The van der Waals surface area contributed by atoms with Crippen LogP contribution in [-0.4, -0.2) is 33.4 Å². The van der Waals surface area contributed by atoms with Crippen LogP contribution < -0.4 is 21.9 Å². The summed E-state index contributed by atoms with van der Waals surface area (Å²) >= 11 is 0. The van der Waals surface area contributed by atoms with Gasteiger partial charge in [-0.2, -0.15) is 0 Å². The van der Waals surface area contributed by atoms with Crippen LogP contribution in [0.25, 0.3) is 0 Å². The zero-order valence-corrected chi connectivity index (χ0v) is 12.9. The first-order chi connectivity index (χ1) is 9.93. The Balaban J connectivity index is 2.64. The lowest BCUT2D eigenvalue weighted by Gasteiger charge is -2.28. The second-order valence-electron chi connectivity index (χ2n) is 5.74. The van der Waals surface area contributed by atoms with Gasteiger partial charge in [0.05, 0.1) is 12.6 Å². The fourth-order valence-corrected chi connectivity index (χ4v) is 3.04. The normalized spacial score (nSPS) is 22.0. The molecule has 3 N–H and O–H groups in total. The monoisotopic (exact) mass is 296 g/mol. The summed E-state index contributed by atoms with van der Waals surface area (Å²) in [5.74, 6) is 0.489. The van der Waals surface area contributed by atoms with Gasteiger partial charge in [0.2, 0.25) is 0 Å². The highest BCUT2D eigenvalue weighted by Crippen LogP contribution is 2.30. The molecule has 21 heavy (non-hydrogen) atoms.